The van der Waals surface area contributed by atoms with E-state index in [1.165, 1.54) is 0 Å². The third kappa shape index (κ3) is 4.71. The Hall–Kier alpha value is -2.29. The molecule has 0 saturated carbocycles. The maximum Gasteiger partial charge on any atom is 0.416 e. The van der Waals surface area contributed by atoms with Gasteiger partial charge in [-0.25, -0.2) is 4.79 Å². The molecule has 1 aromatic carbocycles. The first-order chi connectivity index (χ1) is 14.3. The van der Waals surface area contributed by atoms with Crippen LogP contribution in [0.2, 0.25) is 0 Å². The predicted molar refractivity (Wildman–Crippen MR) is 103 cm³/mol. The monoisotopic (exact) mass is 425 g/mol. The molecule has 9 heteroatoms. The summed E-state index contributed by atoms with van der Waals surface area (Å²) in [6, 6.07) is 5.19. The van der Waals surface area contributed by atoms with Gasteiger partial charge in [-0.2, -0.15) is 13.2 Å². The third-order valence-corrected chi connectivity index (χ3v) is 6.29. The molecule has 3 fully saturated rings. The molecule has 164 valence electrons. The molecule has 30 heavy (non-hydrogen) atoms. The Morgan fingerprint density at radius 2 is 1.73 bits per heavy atom. The van der Waals surface area contributed by atoms with Crippen molar-refractivity contribution in [2.75, 3.05) is 32.8 Å². The van der Waals surface area contributed by atoms with E-state index in [1.807, 2.05) is 4.90 Å². The van der Waals surface area contributed by atoms with Crippen molar-refractivity contribution in [2.45, 2.75) is 44.0 Å². The summed E-state index contributed by atoms with van der Waals surface area (Å²) in [5.41, 5.74) is 0.262. The lowest BCUT2D eigenvalue weighted by Crippen LogP contribution is -2.62. The molecule has 3 amide bonds. The van der Waals surface area contributed by atoms with Crippen LogP contribution in [0.25, 0.3) is 0 Å². The number of piperidine rings is 2. The van der Waals surface area contributed by atoms with Crippen LogP contribution in [0.1, 0.15) is 30.4 Å². The fraction of sp³-hybridized carbons (Fsp3) is 0.619. The van der Waals surface area contributed by atoms with Gasteiger partial charge in [-0.3, -0.25) is 4.79 Å². The number of nitrogens with zero attached hydrogens (tertiary/aromatic N) is 2. The maximum absolute atomic E-state index is 12.9. The van der Waals surface area contributed by atoms with Crippen molar-refractivity contribution in [3.8, 4) is 0 Å². The van der Waals surface area contributed by atoms with Crippen LogP contribution in [0.15, 0.2) is 24.3 Å². The first kappa shape index (κ1) is 21.0. The van der Waals surface area contributed by atoms with E-state index in [0.717, 1.165) is 37.0 Å². The number of morpholine rings is 1. The van der Waals surface area contributed by atoms with Crippen molar-refractivity contribution < 1.29 is 27.5 Å². The summed E-state index contributed by atoms with van der Waals surface area (Å²) in [4.78, 5) is 28.1. The van der Waals surface area contributed by atoms with Crippen LogP contribution < -0.4 is 5.32 Å². The molecule has 3 heterocycles. The Balaban J connectivity index is 1.26. The summed E-state index contributed by atoms with van der Waals surface area (Å²) in [6.07, 6.45) is -1.26. The Labute approximate surface area is 173 Å². The molecule has 4 rings (SSSR count). The number of urea groups is 1. The van der Waals surface area contributed by atoms with Crippen molar-refractivity contribution in [3.05, 3.63) is 35.4 Å². The van der Waals surface area contributed by atoms with E-state index in [2.05, 4.69) is 5.32 Å². The lowest BCUT2D eigenvalue weighted by atomic mass is 9.90. The number of benzene rings is 1. The number of carbonyl (C=O) groups is 2. The number of rotatable bonds is 2. The highest BCUT2D eigenvalue weighted by Crippen LogP contribution is 2.30. The van der Waals surface area contributed by atoms with Crippen molar-refractivity contribution >= 4 is 11.9 Å². The highest BCUT2D eigenvalue weighted by Gasteiger charge is 2.38. The molecule has 0 unspecified atom stereocenters. The number of nitrogens with one attached hydrogen (secondary N) is 1. The van der Waals surface area contributed by atoms with E-state index in [1.54, 1.807) is 17.0 Å². The summed E-state index contributed by atoms with van der Waals surface area (Å²) in [7, 11) is 0. The molecule has 1 aromatic rings. The van der Waals surface area contributed by atoms with Crippen LogP contribution in [0.4, 0.5) is 18.0 Å². The summed E-state index contributed by atoms with van der Waals surface area (Å²) in [5.74, 6) is 0.206. The molecule has 3 saturated heterocycles. The Morgan fingerprint density at radius 1 is 1.07 bits per heavy atom. The largest absolute Gasteiger partial charge is 0.416 e. The Morgan fingerprint density at radius 3 is 2.40 bits per heavy atom. The van der Waals surface area contributed by atoms with Crippen molar-refractivity contribution in [3.63, 3.8) is 0 Å². The van der Waals surface area contributed by atoms with Crippen LogP contribution in [0, 0.1) is 5.92 Å². The predicted octanol–water partition coefficient (Wildman–Crippen LogP) is 2.67. The van der Waals surface area contributed by atoms with E-state index in [9.17, 15) is 22.8 Å². The van der Waals surface area contributed by atoms with Crippen LogP contribution >= 0.6 is 0 Å². The molecule has 3 aliphatic rings. The molecular weight excluding hydrogens is 399 g/mol. The second-order valence-corrected chi connectivity index (χ2v) is 8.37. The van der Waals surface area contributed by atoms with Crippen LogP contribution in [-0.4, -0.2) is 66.7 Å². The number of hydrogen-bond acceptors (Lipinski definition) is 3. The van der Waals surface area contributed by atoms with Gasteiger partial charge in [0.05, 0.1) is 17.7 Å². The van der Waals surface area contributed by atoms with Gasteiger partial charge in [-0.15, -0.1) is 0 Å². The van der Waals surface area contributed by atoms with Gasteiger partial charge in [0.1, 0.15) is 6.61 Å². The first-order valence-corrected chi connectivity index (χ1v) is 10.4. The average Bonchev–Trinajstić information content (AvgIpc) is 2.73. The number of ether oxygens (including phenoxy) is 1. The van der Waals surface area contributed by atoms with Crippen LogP contribution in [-0.2, 0) is 22.1 Å². The van der Waals surface area contributed by atoms with Gasteiger partial charge in [-0.05, 0) is 49.3 Å². The van der Waals surface area contributed by atoms with Gasteiger partial charge in [0.25, 0.3) is 0 Å². The molecule has 3 aliphatic heterocycles. The summed E-state index contributed by atoms with van der Waals surface area (Å²) in [6.45, 7) is 2.43. The van der Waals surface area contributed by atoms with Gasteiger partial charge in [0, 0.05) is 26.2 Å². The van der Waals surface area contributed by atoms with Gasteiger partial charge in [0.15, 0.2) is 0 Å². The highest BCUT2D eigenvalue weighted by molar-refractivity contribution is 5.79. The number of likely N-dealkylation sites (tertiary alicyclic amines) is 2. The van der Waals surface area contributed by atoms with Gasteiger partial charge in [0.2, 0.25) is 5.91 Å². The smallest absolute Gasteiger partial charge is 0.366 e. The van der Waals surface area contributed by atoms with Gasteiger partial charge in [-0.1, -0.05) is 12.1 Å². The molecule has 0 aromatic heterocycles. The van der Waals surface area contributed by atoms with E-state index in [4.69, 9.17) is 4.74 Å². The zero-order chi connectivity index (χ0) is 21.3. The molecule has 6 nitrogen and oxygen atoms in total. The van der Waals surface area contributed by atoms with E-state index in [-0.39, 0.29) is 30.7 Å². The molecular formula is C21H26F3N3O3. The average molecular weight is 425 g/mol. The number of hydrogen-bond donors (Lipinski definition) is 1. The second-order valence-electron chi connectivity index (χ2n) is 8.37. The van der Waals surface area contributed by atoms with Crippen molar-refractivity contribution in [2.24, 2.45) is 5.92 Å². The molecule has 1 N–H and O–H groups in total. The number of fused-ring (bicyclic) bond motifs is 1. The zero-order valence-electron chi connectivity index (χ0n) is 16.7. The van der Waals surface area contributed by atoms with Crippen LogP contribution in [0.3, 0.4) is 0 Å². The Bertz CT molecular complexity index is 776. The molecule has 0 aliphatic carbocycles. The third-order valence-electron chi connectivity index (χ3n) is 6.29. The number of alkyl halides is 3. The molecule has 2 atom stereocenters. The quantitative estimate of drug-likeness (QED) is 0.793. The molecule has 0 spiro atoms. The standard InChI is InChI=1S/C21H26F3N3O3/c22-21(23,24)16-3-1-14(2-4-16)11-15-5-8-26(9-6-15)20(29)27-10-7-18-17(12-27)25-19(28)13-30-18/h1-4,15,17-18H,5-13H2,(H,25,28)/t17-,18-/m0/s1. The SMILES string of the molecule is O=C1CO[C@H]2CCN(C(=O)N3CCC(Cc4ccc(C(F)(F)F)cc4)CC3)C[C@@H]2N1. The number of carbonyl (C=O) groups excluding carboxylic acids is 2. The second kappa shape index (κ2) is 8.45. The minimum absolute atomic E-state index is 0.0127. The van der Waals surface area contributed by atoms with E-state index < -0.39 is 11.7 Å². The van der Waals surface area contributed by atoms with Crippen LogP contribution in [0.5, 0.6) is 0 Å². The fourth-order valence-corrected chi connectivity index (χ4v) is 4.57. The summed E-state index contributed by atoms with van der Waals surface area (Å²) < 4.78 is 43.6. The number of halogens is 3. The fourth-order valence-electron chi connectivity index (χ4n) is 4.57. The first-order valence-electron chi connectivity index (χ1n) is 10.4. The molecule has 0 bridgehead atoms. The normalized spacial score (nSPS) is 25.6. The highest BCUT2D eigenvalue weighted by atomic mass is 19.4. The molecule has 0 radical (unpaired) electrons. The number of amides is 3. The maximum atomic E-state index is 12.9. The lowest BCUT2D eigenvalue weighted by molar-refractivity contribution is -0.140. The zero-order valence-corrected chi connectivity index (χ0v) is 16.7. The van der Waals surface area contributed by atoms with Gasteiger partial charge < -0.3 is 19.9 Å². The van der Waals surface area contributed by atoms with Crippen molar-refractivity contribution in [1.29, 1.82) is 0 Å². The van der Waals surface area contributed by atoms with Crippen molar-refractivity contribution in [1.82, 2.24) is 15.1 Å². The summed E-state index contributed by atoms with van der Waals surface area (Å²) in [5, 5.41) is 2.91. The topological polar surface area (TPSA) is 61.9 Å². The van der Waals surface area contributed by atoms with E-state index >= 15 is 0 Å². The van der Waals surface area contributed by atoms with Gasteiger partial charge >= 0.3 is 12.2 Å². The lowest BCUT2D eigenvalue weighted by Gasteiger charge is -2.43. The van der Waals surface area contributed by atoms with E-state index in [0.29, 0.717) is 38.5 Å². The summed E-state index contributed by atoms with van der Waals surface area (Å²) >= 11 is 0. The Kier molecular flexibility index (Phi) is 5.90. The minimum Gasteiger partial charge on any atom is -0.366 e. The minimum atomic E-state index is -4.31.